The van der Waals surface area contributed by atoms with E-state index >= 15 is 0 Å². The highest BCUT2D eigenvalue weighted by atomic mass is 16.6. The minimum Gasteiger partial charge on any atom is -0.444 e. The third kappa shape index (κ3) is 4.44. The average Bonchev–Trinajstić information content (AvgIpc) is 2.40. The summed E-state index contributed by atoms with van der Waals surface area (Å²) < 4.78 is 10.8. The molecule has 2 N–H and O–H groups in total. The lowest BCUT2D eigenvalue weighted by atomic mass is 9.94. The van der Waals surface area contributed by atoms with E-state index in [0.29, 0.717) is 13.0 Å². The highest BCUT2D eigenvalue weighted by Gasteiger charge is 2.26. The highest BCUT2D eigenvalue weighted by Crippen LogP contribution is 2.33. The topological polar surface area (TPSA) is 67.8 Å². The van der Waals surface area contributed by atoms with Gasteiger partial charge in [-0.25, -0.2) is 4.79 Å². The Bertz CT molecular complexity index is 495. The Balaban J connectivity index is 1.87. The number of benzene rings is 1. The van der Waals surface area contributed by atoms with Crippen molar-refractivity contribution in [3.8, 4) is 0 Å². The van der Waals surface area contributed by atoms with Gasteiger partial charge >= 0.3 is 6.09 Å². The summed E-state index contributed by atoms with van der Waals surface area (Å²) in [5.74, 6) is 0. The van der Waals surface area contributed by atoms with Crippen LogP contribution in [0.15, 0.2) is 24.3 Å². The monoisotopic (exact) mass is 293 g/mol. The minimum absolute atomic E-state index is 0.112. The van der Waals surface area contributed by atoms with Crippen LogP contribution in [-0.2, 0) is 9.47 Å². The first-order valence-electron chi connectivity index (χ1n) is 7.22. The molecule has 1 amide bonds. The second-order valence-electron chi connectivity index (χ2n) is 6.18. The zero-order chi connectivity index (χ0) is 15.5. The van der Waals surface area contributed by atoms with Crippen LogP contribution in [0.4, 0.5) is 4.79 Å². The molecule has 2 atom stereocenters. The third-order valence-corrected chi connectivity index (χ3v) is 3.23. The van der Waals surface area contributed by atoms with Gasteiger partial charge in [0.05, 0.1) is 12.7 Å². The highest BCUT2D eigenvalue weighted by molar-refractivity contribution is 5.67. The molecule has 0 spiro atoms. The molecular formula is C16H23NO4. The van der Waals surface area contributed by atoms with E-state index in [1.807, 2.05) is 45.0 Å². The molecule has 116 valence electrons. The zero-order valence-electron chi connectivity index (χ0n) is 12.8. The fourth-order valence-corrected chi connectivity index (χ4v) is 2.35. The summed E-state index contributed by atoms with van der Waals surface area (Å²) in [5, 5.41) is 12.6. The van der Waals surface area contributed by atoms with Crippen LogP contribution in [0.1, 0.15) is 50.5 Å². The van der Waals surface area contributed by atoms with Gasteiger partial charge in [0, 0.05) is 6.54 Å². The van der Waals surface area contributed by atoms with E-state index in [4.69, 9.17) is 9.47 Å². The van der Waals surface area contributed by atoms with Gasteiger partial charge < -0.3 is 19.9 Å². The second kappa shape index (κ2) is 6.45. The molecule has 0 bridgehead atoms. The van der Waals surface area contributed by atoms with Crippen molar-refractivity contribution in [3.05, 3.63) is 35.4 Å². The number of nitrogens with one attached hydrogen (secondary N) is 1. The number of ether oxygens (including phenoxy) is 2. The van der Waals surface area contributed by atoms with Crippen LogP contribution in [0.3, 0.4) is 0 Å². The Kier molecular flexibility index (Phi) is 4.85. The van der Waals surface area contributed by atoms with E-state index < -0.39 is 17.8 Å². The maximum absolute atomic E-state index is 11.6. The first-order chi connectivity index (χ1) is 9.87. The number of rotatable bonds is 3. The Labute approximate surface area is 125 Å². The normalized spacial score (nSPS) is 21.5. The van der Waals surface area contributed by atoms with Gasteiger partial charge in [0.15, 0.2) is 0 Å². The lowest BCUT2D eigenvalue weighted by Crippen LogP contribution is -2.34. The molecule has 2 rings (SSSR count). The van der Waals surface area contributed by atoms with Gasteiger partial charge in [0.1, 0.15) is 11.7 Å². The van der Waals surface area contributed by atoms with Gasteiger partial charge in [-0.3, -0.25) is 0 Å². The van der Waals surface area contributed by atoms with Crippen LogP contribution in [0.2, 0.25) is 0 Å². The van der Waals surface area contributed by atoms with Crippen LogP contribution in [0.5, 0.6) is 0 Å². The molecule has 1 aliphatic heterocycles. The molecule has 21 heavy (non-hydrogen) atoms. The molecule has 1 aromatic carbocycles. The van der Waals surface area contributed by atoms with E-state index in [9.17, 15) is 9.90 Å². The molecular weight excluding hydrogens is 270 g/mol. The first-order valence-corrected chi connectivity index (χ1v) is 7.22. The summed E-state index contributed by atoms with van der Waals surface area (Å²) in [7, 11) is 0. The van der Waals surface area contributed by atoms with Crippen LogP contribution in [0.25, 0.3) is 0 Å². The van der Waals surface area contributed by atoms with Crippen molar-refractivity contribution in [2.45, 2.75) is 45.0 Å². The SMILES string of the molecule is CC(C)(C)OC(=O)NCCC1OCC(O)c2ccccc21. The van der Waals surface area contributed by atoms with Crippen molar-refractivity contribution >= 4 is 6.09 Å². The van der Waals surface area contributed by atoms with E-state index in [1.54, 1.807) is 0 Å². The van der Waals surface area contributed by atoms with Crippen molar-refractivity contribution in [2.24, 2.45) is 0 Å². The number of aliphatic hydroxyl groups excluding tert-OH is 1. The fourth-order valence-electron chi connectivity index (χ4n) is 2.35. The molecule has 0 aliphatic carbocycles. The molecule has 0 aromatic heterocycles. The predicted octanol–water partition coefficient (Wildman–Crippen LogP) is 2.71. The summed E-state index contributed by atoms with van der Waals surface area (Å²) in [6.07, 6.45) is -0.467. The Hall–Kier alpha value is -1.59. The van der Waals surface area contributed by atoms with E-state index in [2.05, 4.69) is 5.32 Å². The van der Waals surface area contributed by atoms with Crippen molar-refractivity contribution < 1.29 is 19.4 Å². The molecule has 2 unspecified atom stereocenters. The van der Waals surface area contributed by atoms with E-state index in [1.165, 1.54) is 0 Å². The Morgan fingerprint density at radius 3 is 2.71 bits per heavy atom. The second-order valence-corrected chi connectivity index (χ2v) is 6.18. The van der Waals surface area contributed by atoms with Crippen LogP contribution in [0, 0.1) is 0 Å². The van der Waals surface area contributed by atoms with Gasteiger partial charge in [-0.2, -0.15) is 0 Å². The van der Waals surface area contributed by atoms with Crippen molar-refractivity contribution in [2.75, 3.05) is 13.2 Å². The maximum atomic E-state index is 11.6. The first kappa shape index (κ1) is 15.8. The quantitative estimate of drug-likeness (QED) is 0.899. The number of alkyl carbamates (subject to hydrolysis) is 1. The number of aliphatic hydroxyl groups is 1. The lowest BCUT2D eigenvalue weighted by molar-refractivity contribution is -0.0335. The standard InChI is InChI=1S/C16H23NO4/c1-16(2,3)21-15(19)17-9-8-14-12-7-5-4-6-11(12)13(18)10-20-14/h4-7,13-14,18H,8-10H2,1-3H3,(H,17,19). The Morgan fingerprint density at radius 2 is 2.05 bits per heavy atom. The molecule has 1 aromatic rings. The summed E-state index contributed by atoms with van der Waals surface area (Å²) in [6, 6.07) is 7.70. The smallest absolute Gasteiger partial charge is 0.407 e. The molecule has 1 aliphatic rings. The number of fused-ring (bicyclic) bond motifs is 1. The number of hydrogen-bond donors (Lipinski definition) is 2. The predicted molar refractivity (Wildman–Crippen MR) is 78.9 cm³/mol. The van der Waals surface area contributed by atoms with Crippen LogP contribution >= 0.6 is 0 Å². The van der Waals surface area contributed by atoms with Crippen molar-refractivity contribution in [1.29, 1.82) is 0 Å². The van der Waals surface area contributed by atoms with Crippen LogP contribution < -0.4 is 5.32 Å². The fraction of sp³-hybridized carbons (Fsp3) is 0.562. The largest absolute Gasteiger partial charge is 0.444 e. The maximum Gasteiger partial charge on any atom is 0.407 e. The van der Waals surface area contributed by atoms with Gasteiger partial charge in [0.25, 0.3) is 0 Å². The minimum atomic E-state index is -0.573. The Morgan fingerprint density at radius 1 is 1.38 bits per heavy atom. The van der Waals surface area contributed by atoms with E-state index in [0.717, 1.165) is 11.1 Å². The molecule has 1 heterocycles. The number of carbonyl (C=O) groups excluding carboxylic acids is 1. The van der Waals surface area contributed by atoms with E-state index in [-0.39, 0.29) is 12.7 Å². The average molecular weight is 293 g/mol. The number of hydrogen-bond acceptors (Lipinski definition) is 4. The third-order valence-electron chi connectivity index (χ3n) is 3.23. The van der Waals surface area contributed by atoms with Gasteiger partial charge in [-0.15, -0.1) is 0 Å². The summed E-state index contributed by atoms with van der Waals surface area (Å²) >= 11 is 0. The molecule has 5 nitrogen and oxygen atoms in total. The van der Waals surface area contributed by atoms with Crippen molar-refractivity contribution in [3.63, 3.8) is 0 Å². The molecule has 5 heteroatoms. The summed E-state index contributed by atoms with van der Waals surface area (Å²) in [6.45, 7) is 6.23. The molecule has 0 radical (unpaired) electrons. The summed E-state index contributed by atoms with van der Waals surface area (Å²) in [5.41, 5.74) is 1.40. The van der Waals surface area contributed by atoms with Crippen LogP contribution in [-0.4, -0.2) is 30.0 Å². The number of carbonyl (C=O) groups is 1. The molecule has 0 saturated heterocycles. The van der Waals surface area contributed by atoms with Gasteiger partial charge in [-0.1, -0.05) is 24.3 Å². The zero-order valence-corrected chi connectivity index (χ0v) is 12.8. The van der Waals surface area contributed by atoms with Gasteiger partial charge in [-0.05, 0) is 38.3 Å². The lowest BCUT2D eigenvalue weighted by Gasteiger charge is -2.29. The van der Waals surface area contributed by atoms with Crippen molar-refractivity contribution in [1.82, 2.24) is 5.32 Å². The van der Waals surface area contributed by atoms with Gasteiger partial charge in [0.2, 0.25) is 0 Å². The number of amides is 1. The molecule has 0 saturated carbocycles. The summed E-state index contributed by atoms with van der Waals surface area (Å²) in [4.78, 5) is 11.6. The molecule has 0 fully saturated rings.